The van der Waals surface area contributed by atoms with Crippen LogP contribution in [0.5, 0.6) is 0 Å². The molecule has 0 aliphatic rings. The molecule has 0 saturated heterocycles. The van der Waals surface area contributed by atoms with E-state index in [9.17, 15) is 4.79 Å². The summed E-state index contributed by atoms with van der Waals surface area (Å²) in [4.78, 5) is 11.9. The van der Waals surface area contributed by atoms with E-state index in [0.717, 1.165) is 22.3 Å². The lowest BCUT2D eigenvalue weighted by molar-refractivity contribution is 0.412. The molecule has 0 atom stereocenters. The lowest BCUT2D eigenvalue weighted by atomic mass is 10.2. The SMILES string of the molecule is Cn1c(=O)cc(NCc2ccon2)c2ccccc21. The standard InChI is InChI=1S/C14H13N3O2/c1-17-13-5-3-2-4-11(13)12(8-14(17)18)15-9-10-6-7-19-16-10/h2-8,15H,9H2,1H3. The van der Waals surface area contributed by atoms with E-state index in [-0.39, 0.29) is 5.56 Å². The normalized spacial score (nSPS) is 10.8. The van der Waals surface area contributed by atoms with E-state index in [0.29, 0.717) is 6.54 Å². The molecule has 0 spiro atoms. The molecule has 5 heteroatoms. The number of hydrogen-bond acceptors (Lipinski definition) is 4. The van der Waals surface area contributed by atoms with Gasteiger partial charge >= 0.3 is 0 Å². The fourth-order valence-corrected chi connectivity index (χ4v) is 2.07. The first-order valence-electron chi connectivity index (χ1n) is 5.97. The molecule has 0 saturated carbocycles. The Kier molecular flexibility index (Phi) is 2.79. The number of para-hydroxylation sites is 1. The van der Waals surface area contributed by atoms with E-state index in [1.165, 1.54) is 6.26 Å². The smallest absolute Gasteiger partial charge is 0.252 e. The molecule has 0 unspecified atom stereocenters. The van der Waals surface area contributed by atoms with Crippen molar-refractivity contribution in [3.05, 3.63) is 58.7 Å². The van der Waals surface area contributed by atoms with Crippen LogP contribution in [0.2, 0.25) is 0 Å². The molecule has 3 aromatic rings. The zero-order valence-electron chi connectivity index (χ0n) is 10.5. The minimum absolute atomic E-state index is 0.0404. The lowest BCUT2D eigenvalue weighted by Crippen LogP contribution is -2.17. The molecule has 0 aliphatic carbocycles. The average molecular weight is 255 g/mol. The van der Waals surface area contributed by atoms with Gasteiger partial charge in [0.05, 0.1) is 12.1 Å². The van der Waals surface area contributed by atoms with Crippen LogP contribution in [0.15, 0.2) is 52.0 Å². The maximum Gasteiger partial charge on any atom is 0.252 e. The molecule has 0 fully saturated rings. The molecule has 2 heterocycles. The van der Waals surface area contributed by atoms with Gasteiger partial charge in [-0.15, -0.1) is 0 Å². The largest absolute Gasteiger partial charge is 0.379 e. The number of anilines is 1. The first-order valence-corrected chi connectivity index (χ1v) is 5.97. The molecular formula is C14H13N3O2. The fourth-order valence-electron chi connectivity index (χ4n) is 2.07. The summed E-state index contributed by atoms with van der Waals surface area (Å²) in [7, 11) is 1.77. The molecule has 3 rings (SSSR count). The third kappa shape index (κ3) is 2.10. The van der Waals surface area contributed by atoms with Crippen LogP contribution in [0.3, 0.4) is 0 Å². The van der Waals surface area contributed by atoms with Crippen molar-refractivity contribution in [1.29, 1.82) is 0 Å². The van der Waals surface area contributed by atoms with Gasteiger partial charge in [-0.05, 0) is 6.07 Å². The Morgan fingerprint density at radius 1 is 1.32 bits per heavy atom. The van der Waals surface area contributed by atoms with Crippen LogP contribution < -0.4 is 10.9 Å². The van der Waals surface area contributed by atoms with E-state index in [2.05, 4.69) is 10.5 Å². The van der Waals surface area contributed by atoms with Crippen LogP contribution in [0.4, 0.5) is 5.69 Å². The summed E-state index contributed by atoms with van der Waals surface area (Å²) in [5.74, 6) is 0. The summed E-state index contributed by atoms with van der Waals surface area (Å²) < 4.78 is 6.41. The second-order valence-electron chi connectivity index (χ2n) is 4.32. The van der Waals surface area contributed by atoms with E-state index >= 15 is 0 Å². The number of rotatable bonds is 3. The number of aromatic nitrogens is 2. The zero-order valence-corrected chi connectivity index (χ0v) is 10.5. The van der Waals surface area contributed by atoms with Crippen LogP contribution in [0, 0.1) is 0 Å². The molecule has 19 heavy (non-hydrogen) atoms. The Balaban J connectivity index is 2.03. The molecule has 5 nitrogen and oxygen atoms in total. The number of nitrogens with one attached hydrogen (secondary N) is 1. The quantitative estimate of drug-likeness (QED) is 0.779. The minimum Gasteiger partial charge on any atom is -0.379 e. The van der Waals surface area contributed by atoms with Crippen molar-refractivity contribution in [2.24, 2.45) is 7.05 Å². The lowest BCUT2D eigenvalue weighted by Gasteiger charge is -2.11. The Morgan fingerprint density at radius 2 is 2.16 bits per heavy atom. The predicted octanol–water partition coefficient (Wildman–Crippen LogP) is 2.14. The van der Waals surface area contributed by atoms with Crippen molar-refractivity contribution < 1.29 is 4.52 Å². The summed E-state index contributed by atoms with van der Waals surface area (Å²) in [5.41, 5.74) is 2.46. The summed E-state index contributed by atoms with van der Waals surface area (Å²) >= 11 is 0. The zero-order chi connectivity index (χ0) is 13.2. The molecule has 1 aromatic carbocycles. The number of hydrogen-bond donors (Lipinski definition) is 1. The third-order valence-electron chi connectivity index (χ3n) is 3.11. The average Bonchev–Trinajstić information content (AvgIpc) is 2.95. The van der Waals surface area contributed by atoms with Gasteiger partial charge in [-0.1, -0.05) is 23.4 Å². The Bertz CT molecular complexity index is 760. The van der Waals surface area contributed by atoms with Crippen LogP contribution in [0.1, 0.15) is 5.69 Å². The van der Waals surface area contributed by atoms with Crippen molar-refractivity contribution in [1.82, 2.24) is 9.72 Å². The highest BCUT2D eigenvalue weighted by Crippen LogP contribution is 2.21. The van der Waals surface area contributed by atoms with Gasteiger partial charge in [0.2, 0.25) is 0 Å². The Labute approximate surface area is 109 Å². The van der Waals surface area contributed by atoms with Crippen molar-refractivity contribution in [2.75, 3.05) is 5.32 Å². The maximum absolute atomic E-state index is 11.9. The second kappa shape index (κ2) is 4.61. The van der Waals surface area contributed by atoms with Crippen LogP contribution in [-0.4, -0.2) is 9.72 Å². The summed E-state index contributed by atoms with van der Waals surface area (Å²) in [5, 5.41) is 8.06. The number of nitrogens with zero attached hydrogens (tertiary/aromatic N) is 2. The molecule has 0 bridgehead atoms. The van der Waals surface area contributed by atoms with Gasteiger partial charge < -0.3 is 14.4 Å². The number of aryl methyl sites for hydroxylation is 1. The van der Waals surface area contributed by atoms with Gasteiger partial charge in [0.15, 0.2) is 0 Å². The summed E-state index contributed by atoms with van der Waals surface area (Å²) in [6, 6.07) is 11.2. The van der Waals surface area contributed by atoms with Gasteiger partial charge in [0.1, 0.15) is 12.0 Å². The number of benzene rings is 1. The molecule has 0 radical (unpaired) electrons. The monoisotopic (exact) mass is 255 g/mol. The highest BCUT2D eigenvalue weighted by molar-refractivity contribution is 5.91. The molecule has 0 aliphatic heterocycles. The van der Waals surface area contributed by atoms with E-state index in [4.69, 9.17) is 4.52 Å². The highest BCUT2D eigenvalue weighted by atomic mass is 16.5. The second-order valence-corrected chi connectivity index (χ2v) is 4.32. The van der Waals surface area contributed by atoms with Crippen molar-refractivity contribution in [3.8, 4) is 0 Å². The third-order valence-corrected chi connectivity index (χ3v) is 3.11. The summed E-state index contributed by atoms with van der Waals surface area (Å²) in [6.45, 7) is 0.521. The molecule has 1 N–H and O–H groups in total. The van der Waals surface area contributed by atoms with Gasteiger partial charge in [-0.3, -0.25) is 4.79 Å². The van der Waals surface area contributed by atoms with E-state index in [1.807, 2.05) is 24.3 Å². The van der Waals surface area contributed by atoms with Gasteiger partial charge in [0.25, 0.3) is 5.56 Å². The van der Waals surface area contributed by atoms with Crippen LogP contribution in [0.25, 0.3) is 10.9 Å². The number of pyridine rings is 1. The fraction of sp³-hybridized carbons (Fsp3) is 0.143. The minimum atomic E-state index is -0.0404. The van der Waals surface area contributed by atoms with Gasteiger partial charge in [-0.25, -0.2) is 0 Å². The molecule has 0 amide bonds. The molecular weight excluding hydrogens is 242 g/mol. The van der Waals surface area contributed by atoms with E-state index < -0.39 is 0 Å². The van der Waals surface area contributed by atoms with Gasteiger partial charge in [-0.2, -0.15) is 0 Å². The maximum atomic E-state index is 11.9. The van der Waals surface area contributed by atoms with Crippen molar-refractivity contribution >= 4 is 16.6 Å². The molecule has 96 valence electrons. The molecule has 2 aromatic heterocycles. The highest BCUT2D eigenvalue weighted by Gasteiger charge is 2.06. The first kappa shape index (κ1) is 11.5. The van der Waals surface area contributed by atoms with Crippen molar-refractivity contribution in [2.45, 2.75) is 6.54 Å². The number of fused-ring (bicyclic) bond motifs is 1. The summed E-state index contributed by atoms with van der Waals surface area (Å²) in [6.07, 6.45) is 1.53. The first-order chi connectivity index (χ1) is 9.25. The topological polar surface area (TPSA) is 60.1 Å². The van der Waals surface area contributed by atoms with Gasteiger partial charge in [0, 0.05) is 30.3 Å². The van der Waals surface area contributed by atoms with E-state index in [1.54, 1.807) is 23.7 Å². The van der Waals surface area contributed by atoms with Crippen LogP contribution >= 0.6 is 0 Å². The Hall–Kier alpha value is -2.56. The predicted molar refractivity (Wildman–Crippen MR) is 73.0 cm³/mol. The Morgan fingerprint density at radius 3 is 2.95 bits per heavy atom. The van der Waals surface area contributed by atoms with Crippen molar-refractivity contribution in [3.63, 3.8) is 0 Å². The van der Waals surface area contributed by atoms with Crippen LogP contribution in [-0.2, 0) is 13.6 Å².